The molecule has 0 aliphatic rings. The number of methoxy groups -OCH3 is 2. The van der Waals surface area contributed by atoms with Crippen LogP contribution in [-0.4, -0.2) is 44.1 Å². The molecule has 0 spiro atoms. The van der Waals surface area contributed by atoms with Crippen molar-refractivity contribution in [3.05, 3.63) is 23.8 Å². The van der Waals surface area contributed by atoms with Crippen molar-refractivity contribution in [3.8, 4) is 11.5 Å². The van der Waals surface area contributed by atoms with Crippen LogP contribution in [0.15, 0.2) is 18.2 Å². The highest BCUT2D eigenvalue weighted by Gasteiger charge is 2.23. The van der Waals surface area contributed by atoms with Gasteiger partial charge in [0.25, 0.3) is 0 Å². The van der Waals surface area contributed by atoms with Crippen LogP contribution in [0.2, 0.25) is 0 Å². The van der Waals surface area contributed by atoms with Crippen molar-refractivity contribution in [1.82, 2.24) is 16.0 Å². The minimum Gasteiger partial charge on any atom is -0.493 e. The number of nitrogens with one attached hydrogen (secondary N) is 4. The third-order valence-electron chi connectivity index (χ3n) is 5.05. The van der Waals surface area contributed by atoms with Gasteiger partial charge in [-0.2, -0.15) is 0 Å². The quantitative estimate of drug-likeness (QED) is 0.325. The first kappa shape index (κ1) is 25.3. The van der Waals surface area contributed by atoms with Crippen LogP contribution in [0, 0.1) is 11.3 Å². The molecule has 4 N–H and O–H groups in total. The van der Waals surface area contributed by atoms with Crippen LogP contribution in [0.5, 0.6) is 11.5 Å². The number of guanidine groups is 1. The van der Waals surface area contributed by atoms with Crippen LogP contribution in [0.3, 0.4) is 0 Å². The highest BCUT2D eigenvalue weighted by Crippen LogP contribution is 2.27. The molecule has 168 valence electrons. The Hall–Kier alpha value is -2.77. The summed E-state index contributed by atoms with van der Waals surface area (Å²) in [6.07, 6.45) is 2.39. The fourth-order valence-electron chi connectivity index (χ4n) is 2.82. The molecule has 1 aromatic carbocycles. The van der Waals surface area contributed by atoms with Gasteiger partial charge in [-0.15, -0.1) is 0 Å². The zero-order valence-electron chi connectivity index (χ0n) is 18.9. The molecule has 0 aliphatic carbocycles. The molecule has 2 unspecified atom stereocenters. The van der Waals surface area contributed by atoms with Gasteiger partial charge in [-0.05, 0) is 43.4 Å². The molecular formula is C22H36N4O4. The maximum absolute atomic E-state index is 12.6. The van der Waals surface area contributed by atoms with Gasteiger partial charge >= 0.3 is 0 Å². The summed E-state index contributed by atoms with van der Waals surface area (Å²) in [5, 5.41) is 16.4. The highest BCUT2D eigenvalue weighted by atomic mass is 16.5. The molecule has 0 heterocycles. The number of carbonyl (C=O) groups excluding carboxylic acids is 2. The van der Waals surface area contributed by atoms with Crippen molar-refractivity contribution in [2.45, 2.75) is 65.5 Å². The van der Waals surface area contributed by atoms with Gasteiger partial charge < -0.3 is 20.1 Å². The molecule has 0 bridgehead atoms. The summed E-state index contributed by atoms with van der Waals surface area (Å²) >= 11 is 0. The molecule has 2 amide bonds. The monoisotopic (exact) mass is 420 g/mol. The smallest absolute Gasteiger partial charge is 0.242 e. The van der Waals surface area contributed by atoms with Crippen molar-refractivity contribution < 1.29 is 19.1 Å². The average Bonchev–Trinajstić information content (AvgIpc) is 2.72. The van der Waals surface area contributed by atoms with Gasteiger partial charge in [0.2, 0.25) is 11.8 Å². The van der Waals surface area contributed by atoms with Gasteiger partial charge in [-0.25, -0.2) is 0 Å². The maximum Gasteiger partial charge on any atom is 0.242 e. The van der Waals surface area contributed by atoms with Gasteiger partial charge in [-0.1, -0.05) is 33.3 Å². The zero-order chi connectivity index (χ0) is 22.7. The van der Waals surface area contributed by atoms with E-state index in [9.17, 15) is 9.59 Å². The van der Waals surface area contributed by atoms with Crippen molar-refractivity contribution >= 4 is 17.8 Å². The third kappa shape index (κ3) is 8.31. The first-order valence-corrected chi connectivity index (χ1v) is 10.4. The maximum atomic E-state index is 12.6. The summed E-state index contributed by atoms with van der Waals surface area (Å²) in [7, 11) is 3.08. The van der Waals surface area contributed by atoms with Crippen LogP contribution < -0.4 is 25.4 Å². The lowest BCUT2D eigenvalue weighted by Gasteiger charge is -2.24. The Bertz CT molecular complexity index is 723. The standard InChI is InChI=1S/C22H36N4O4/c1-7-14(3)11-17(21(28)24-15(4)8-2)25-22(23)26-20(27)13-16-9-10-18(29-5)19(12-16)30-6/h9-10,12,14-15,17H,7-8,11,13H2,1-6H3,(H,24,28)(H3,23,25,26,27)/t14?,15-,17?/m0/s1. The van der Waals surface area contributed by atoms with Crippen LogP contribution in [-0.2, 0) is 16.0 Å². The van der Waals surface area contributed by atoms with Crippen LogP contribution in [0.4, 0.5) is 0 Å². The van der Waals surface area contributed by atoms with E-state index in [1.54, 1.807) is 25.3 Å². The average molecular weight is 421 g/mol. The summed E-state index contributed by atoms with van der Waals surface area (Å²) in [6, 6.07) is 4.69. The summed E-state index contributed by atoms with van der Waals surface area (Å²) < 4.78 is 10.4. The molecule has 0 aromatic heterocycles. The van der Waals surface area contributed by atoms with E-state index in [4.69, 9.17) is 14.9 Å². The summed E-state index contributed by atoms with van der Waals surface area (Å²) in [5.74, 6) is 0.712. The predicted octanol–water partition coefficient (Wildman–Crippen LogP) is 2.61. The Balaban J connectivity index is 2.73. The topological polar surface area (TPSA) is 113 Å². The molecule has 0 radical (unpaired) electrons. The number of ether oxygens (including phenoxy) is 2. The van der Waals surface area contributed by atoms with E-state index in [0.29, 0.717) is 23.8 Å². The van der Waals surface area contributed by atoms with Gasteiger partial charge in [0.15, 0.2) is 17.5 Å². The molecule has 30 heavy (non-hydrogen) atoms. The largest absolute Gasteiger partial charge is 0.493 e. The molecule has 3 atom stereocenters. The fourth-order valence-corrected chi connectivity index (χ4v) is 2.82. The highest BCUT2D eigenvalue weighted by molar-refractivity contribution is 5.98. The molecule has 1 aromatic rings. The van der Waals surface area contributed by atoms with Gasteiger partial charge in [-0.3, -0.25) is 20.3 Å². The number of hydrogen-bond donors (Lipinski definition) is 4. The Kier molecular flexibility index (Phi) is 10.7. The van der Waals surface area contributed by atoms with Crippen molar-refractivity contribution in [3.63, 3.8) is 0 Å². The zero-order valence-corrected chi connectivity index (χ0v) is 18.9. The minimum absolute atomic E-state index is 0.0487. The molecule has 0 saturated heterocycles. The molecule has 8 nitrogen and oxygen atoms in total. The van der Waals surface area contributed by atoms with Crippen molar-refractivity contribution in [2.24, 2.45) is 5.92 Å². The number of rotatable bonds is 11. The molecule has 8 heteroatoms. The molecule has 1 rings (SSSR count). The Morgan fingerprint density at radius 1 is 1.03 bits per heavy atom. The number of benzene rings is 1. The Morgan fingerprint density at radius 2 is 1.70 bits per heavy atom. The van der Waals surface area contributed by atoms with Crippen LogP contribution in [0.25, 0.3) is 0 Å². The predicted molar refractivity (Wildman–Crippen MR) is 118 cm³/mol. The van der Waals surface area contributed by atoms with Crippen molar-refractivity contribution in [2.75, 3.05) is 14.2 Å². The lowest BCUT2D eigenvalue weighted by molar-refractivity contribution is -0.124. The van der Waals surface area contributed by atoms with Crippen LogP contribution in [0.1, 0.15) is 52.5 Å². The lowest BCUT2D eigenvalue weighted by Crippen LogP contribution is -2.53. The Morgan fingerprint density at radius 3 is 2.27 bits per heavy atom. The second-order valence-corrected chi connectivity index (χ2v) is 7.55. The SMILES string of the molecule is CCC(C)CC(NC(=N)NC(=O)Cc1ccc(OC)c(OC)c1)C(=O)N[C@@H](C)CC. The lowest BCUT2D eigenvalue weighted by atomic mass is 9.98. The Labute approximate surface area is 179 Å². The second kappa shape index (κ2) is 12.7. The van der Waals surface area contributed by atoms with E-state index in [-0.39, 0.29) is 30.2 Å². The normalized spacial score (nSPS) is 13.5. The van der Waals surface area contributed by atoms with E-state index in [0.717, 1.165) is 18.4 Å². The molecule has 0 saturated carbocycles. The van der Waals surface area contributed by atoms with E-state index < -0.39 is 6.04 Å². The van der Waals surface area contributed by atoms with Crippen molar-refractivity contribution in [1.29, 1.82) is 5.41 Å². The first-order valence-electron chi connectivity index (χ1n) is 10.4. The van der Waals surface area contributed by atoms with E-state index >= 15 is 0 Å². The summed E-state index contributed by atoms with van der Waals surface area (Å²) in [4.78, 5) is 25.0. The molecule has 0 fully saturated rings. The van der Waals surface area contributed by atoms with Gasteiger partial charge in [0.1, 0.15) is 6.04 Å². The number of amides is 2. The molecular weight excluding hydrogens is 384 g/mol. The second-order valence-electron chi connectivity index (χ2n) is 7.55. The fraction of sp³-hybridized carbons (Fsp3) is 0.591. The molecule has 0 aliphatic heterocycles. The first-order chi connectivity index (χ1) is 14.2. The number of carbonyl (C=O) groups is 2. The minimum atomic E-state index is -0.581. The summed E-state index contributed by atoms with van der Waals surface area (Å²) in [5.41, 5.74) is 0.726. The van der Waals surface area contributed by atoms with E-state index in [1.807, 2.05) is 13.8 Å². The number of hydrogen-bond acceptors (Lipinski definition) is 5. The van der Waals surface area contributed by atoms with Gasteiger partial charge in [0.05, 0.1) is 20.6 Å². The van der Waals surface area contributed by atoms with E-state index in [1.165, 1.54) is 7.11 Å². The summed E-state index contributed by atoms with van der Waals surface area (Å²) in [6.45, 7) is 8.06. The van der Waals surface area contributed by atoms with Gasteiger partial charge in [0, 0.05) is 6.04 Å². The van der Waals surface area contributed by atoms with E-state index in [2.05, 4.69) is 29.8 Å². The van der Waals surface area contributed by atoms with Crippen LogP contribution >= 0.6 is 0 Å². The third-order valence-corrected chi connectivity index (χ3v) is 5.05.